The van der Waals surface area contributed by atoms with Crippen LogP contribution in [0.3, 0.4) is 0 Å². The number of hydrogen-bond acceptors (Lipinski definition) is 3. The summed E-state index contributed by atoms with van der Waals surface area (Å²) in [7, 11) is 0. The molecule has 4 fully saturated rings. The van der Waals surface area contributed by atoms with Crippen molar-refractivity contribution in [3.8, 4) is 5.75 Å². The van der Waals surface area contributed by atoms with Gasteiger partial charge in [0, 0.05) is 18.7 Å². The Labute approximate surface area is 154 Å². The SMILES string of the molecule is CC(=O)N1CCOc2cc(NC(=O)C34CC5CC(CC(C5)C3)C4)ccc21. The molecule has 5 nitrogen and oxygen atoms in total. The van der Waals surface area contributed by atoms with Crippen LogP contribution in [0.5, 0.6) is 5.75 Å². The number of amides is 2. The summed E-state index contributed by atoms with van der Waals surface area (Å²) < 4.78 is 5.73. The van der Waals surface area contributed by atoms with Crippen LogP contribution in [0, 0.1) is 23.2 Å². The molecule has 0 atom stereocenters. The summed E-state index contributed by atoms with van der Waals surface area (Å²) in [6.45, 7) is 2.62. The van der Waals surface area contributed by atoms with Crippen molar-refractivity contribution in [1.29, 1.82) is 0 Å². The maximum atomic E-state index is 13.2. The topological polar surface area (TPSA) is 58.6 Å². The van der Waals surface area contributed by atoms with Crippen molar-refractivity contribution < 1.29 is 14.3 Å². The van der Waals surface area contributed by atoms with E-state index in [1.807, 2.05) is 18.2 Å². The number of carbonyl (C=O) groups excluding carboxylic acids is 2. The zero-order valence-corrected chi connectivity index (χ0v) is 15.3. The molecule has 0 radical (unpaired) electrons. The van der Waals surface area contributed by atoms with Gasteiger partial charge in [0.05, 0.1) is 17.6 Å². The number of carbonyl (C=O) groups is 2. The Hall–Kier alpha value is -2.04. The van der Waals surface area contributed by atoms with Gasteiger partial charge in [-0.3, -0.25) is 9.59 Å². The van der Waals surface area contributed by atoms with Crippen molar-refractivity contribution in [2.24, 2.45) is 23.2 Å². The van der Waals surface area contributed by atoms with Crippen LogP contribution in [0.25, 0.3) is 0 Å². The predicted octanol–water partition coefficient (Wildman–Crippen LogP) is 3.59. The van der Waals surface area contributed by atoms with Crippen LogP contribution in [0.4, 0.5) is 11.4 Å². The predicted molar refractivity (Wildman–Crippen MR) is 99.2 cm³/mol. The van der Waals surface area contributed by atoms with Crippen LogP contribution < -0.4 is 15.0 Å². The van der Waals surface area contributed by atoms with Gasteiger partial charge in [-0.1, -0.05) is 0 Å². The molecular formula is C21H26N2O3. The third-order valence-corrected chi connectivity index (χ3v) is 6.98. The summed E-state index contributed by atoms with van der Waals surface area (Å²) >= 11 is 0. The molecule has 5 heteroatoms. The van der Waals surface area contributed by atoms with E-state index in [0.717, 1.165) is 48.4 Å². The Morgan fingerprint density at radius 1 is 1.12 bits per heavy atom. The van der Waals surface area contributed by atoms with E-state index in [1.54, 1.807) is 11.8 Å². The highest BCUT2D eigenvalue weighted by atomic mass is 16.5. The normalized spacial score (nSPS) is 34.2. The van der Waals surface area contributed by atoms with Gasteiger partial charge in [-0.25, -0.2) is 0 Å². The van der Waals surface area contributed by atoms with Crippen LogP contribution in [0.15, 0.2) is 18.2 Å². The summed E-state index contributed by atoms with van der Waals surface area (Å²) in [4.78, 5) is 26.7. The molecule has 1 aromatic carbocycles. The first-order valence-electron chi connectivity index (χ1n) is 9.89. The first-order chi connectivity index (χ1) is 12.5. The van der Waals surface area contributed by atoms with Gasteiger partial charge < -0.3 is 15.0 Å². The number of rotatable bonds is 2. The van der Waals surface area contributed by atoms with Crippen molar-refractivity contribution >= 4 is 23.2 Å². The summed E-state index contributed by atoms with van der Waals surface area (Å²) in [5, 5.41) is 3.17. The Morgan fingerprint density at radius 2 is 1.77 bits per heavy atom. The molecular weight excluding hydrogens is 328 g/mol. The Balaban J connectivity index is 1.37. The Kier molecular flexibility index (Phi) is 3.56. The van der Waals surface area contributed by atoms with Gasteiger partial charge in [0.1, 0.15) is 12.4 Å². The summed E-state index contributed by atoms with van der Waals surface area (Å²) in [6, 6.07) is 5.63. The highest BCUT2D eigenvalue weighted by Crippen LogP contribution is 2.60. The van der Waals surface area contributed by atoms with E-state index in [4.69, 9.17) is 4.74 Å². The van der Waals surface area contributed by atoms with E-state index in [1.165, 1.54) is 19.3 Å². The number of anilines is 2. The van der Waals surface area contributed by atoms with Crippen LogP contribution in [-0.2, 0) is 9.59 Å². The Morgan fingerprint density at radius 3 is 2.38 bits per heavy atom. The molecule has 4 saturated carbocycles. The molecule has 1 heterocycles. The van der Waals surface area contributed by atoms with E-state index >= 15 is 0 Å². The fourth-order valence-corrected chi connectivity index (χ4v) is 6.28. The number of fused-ring (bicyclic) bond motifs is 1. The first kappa shape index (κ1) is 16.2. The maximum Gasteiger partial charge on any atom is 0.230 e. The van der Waals surface area contributed by atoms with Crippen molar-refractivity contribution in [2.45, 2.75) is 45.4 Å². The second-order valence-corrected chi connectivity index (χ2v) is 8.85. The minimum absolute atomic E-state index is 0.0138. The number of ether oxygens (including phenoxy) is 1. The van der Waals surface area contributed by atoms with Gasteiger partial charge in [0.25, 0.3) is 0 Å². The smallest absolute Gasteiger partial charge is 0.230 e. The largest absolute Gasteiger partial charge is 0.489 e. The van der Waals surface area contributed by atoms with Gasteiger partial charge in [0.2, 0.25) is 11.8 Å². The van der Waals surface area contributed by atoms with Crippen LogP contribution >= 0.6 is 0 Å². The third kappa shape index (κ3) is 2.51. The lowest BCUT2D eigenvalue weighted by molar-refractivity contribution is -0.140. The van der Waals surface area contributed by atoms with Crippen molar-refractivity contribution in [3.05, 3.63) is 18.2 Å². The van der Waals surface area contributed by atoms with Gasteiger partial charge in [-0.2, -0.15) is 0 Å². The average molecular weight is 354 g/mol. The molecule has 4 bridgehead atoms. The van der Waals surface area contributed by atoms with E-state index in [2.05, 4.69) is 5.32 Å². The van der Waals surface area contributed by atoms with E-state index in [0.29, 0.717) is 18.9 Å². The molecule has 1 aliphatic heterocycles. The van der Waals surface area contributed by atoms with Gasteiger partial charge in [0.15, 0.2) is 0 Å². The number of nitrogens with zero attached hydrogens (tertiary/aromatic N) is 1. The minimum Gasteiger partial charge on any atom is -0.489 e. The lowest BCUT2D eigenvalue weighted by atomic mass is 9.49. The highest BCUT2D eigenvalue weighted by molar-refractivity contribution is 5.97. The number of benzene rings is 1. The van der Waals surface area contributed by atoms with E-state index < -0.39 is 0 Å². The lowest BCUT2D eigenvalue weighted by Gasteiger charge is -2.55. The van der Waals surface area contributed by atoms with Gasteiger partial charge >= 0.3 is 0 Å². The van der Waals surface area contributed by atoms with Crippen molar-refractivity contribution in [2.75, 3.05) is 23.4 Å². The quantitative estimate of drug-likeness (QED) is 0.883. The van der Waals surface area contributed by atoms with Crippen LogP contribution in [-0.4, -0.2) is 25.0 Å². The molecule has 26 heavy (non-hydrogen) atoms. The molecule has 138 valence electrons. The number of hydrogen-bond donors (Lipinski definition) is 1. The van der Waals surface area contributed by atoms with E-state index in [-0.39, 0.29) is 17.2 Å². The second kappa shape index (κ2) is 5.73. The fourth-order valence-electron chi connectivity index (χ4n) is 6.28. The summed E-state index contributed by atoms with van der Waals surface area (Å²) in [5.74, 6) is 3.14. The molecule has 0 aromatic heterocycles. The first-order valence-corrected chi connectivity index (χ1v) is 9.89. The molecule has 1 aromatic rings. The van der Waals surface area contributed by atoms with Crippen LogP contribution in [0.1, 0.15) is 45.4 Å². The van der Waals surface area contributed by atoms with Crippen molar-refractivity contribution in [3.63, 3.8) is 0 Å². The molecule has 0 spiro atoms. The molecule has 2 amide bonds. The molecule has 1 N–H and O–H groups in total. The van der Waals surface area contributed by atoms with Gasteiger partial charge in [-0.05, 0) is 68.4 Å². The fraction of sp³-hybridized carbons (Fsp3) is 0.619. The monoisotopic (exact) mass is 354 g/mol. The highest BCUT2D eigenvalue weighted by Gasteiger charge is 2.54. The third-order valence-electron chi connectivity index (χ3n) is 6.98. The lowest BCUT2D eigenvalue weighted by Crippen LogP contribution is -2.51. The summed E-state index contributed by atoms with van der Waals surface area (Å²) in [5.41, 5.74) is 1.41. The second-order valence-electron chi connectivity index (χ2n) is 8.85. The van der Waals surface area contributed by atoms with Crippen LogP contribution in [0.2, 0.25) is 0 Å². The molecule has 5 aliphatic rings. The maximum absolute atomic E-state index is 13.2. The number of nitrogens with one attached hydrogen (secondary N) is 1. The molecule has 6 rings (SSSR count). The van der Waals surface area contributed by atoms with Gasteiger partial charge in [-0.15, -0.1) is 0 Å². The summed E-state index contributed by atoms with van der Waals surface area (Å²) in [6.07, 6.45) is 7.18. The Bertz CT molecular complexity index is 737. The average Bonchev–Trinajstić information content (AvgIpc) is 2.59. The molecule has 0 unspecified atom stereocenters. The standard InChI is InChI=1S/C21H26N2O3/c1-13(24)23-4-5-26-19-9-17(2-3-18(19)23)22-20(25)21-10-14-6-15(11-21)8-16(7-14)12-21/h2-3,9,14-16H,4-8,10-12H2,1H3,(H,22,25). The minimum atomic E-state index is -0.156. The molecule has 0 saturated heterocycles. The van der Waals surface area contributed by atoms with E-state index in [9.17, 15) is 9.59 Å². The zero-order chi connectivity index (χ0) is 17.9. The zero-order valence-electron chi connectivity index (χ0n) is 15.3. The van der Waals surface area contributed by atoms with Crippen molar-refractivity contribution in [1.82, 2.24) is 0 Å². The molecule has 4 aliphatic carbocycles.